The molecule has 8 nitrogen and oxygen atoms in total. The number of allylic oxidation sites excluding steroid dienone is 1. The highest BCUT2D eigenvalue weighted by Gasteiger charge is 2.30. The molecular weight excluding hydrogens is 478 g/mol. The van der Waals surface area contributed by atoms with Crippen LogP contribution in [0.3, 0.4) is 0 Å². The zero-order chi connectivity index (χ0) is 25.7. The second-order valence-electron chi connectivity index (χ2n) is 10.4. The Kier molecular flexibility index (Phi) is 8.39. The Morgan fingerprint density at radius 3 is 2.78 bits per heavy atom. The molecule has 0 saturated carbocycles. The third-order valence-electron chi connectivity index (χ3n) is 6.40. The van der Waals surface area contributed by atoms with Crippen LogP contribution < -0.4 is 10.5 Å². The van der Waals surface area contributed by atoms with Crippen molar-refractivity contribution in [1.82, 2.24) is 20.2 Å². The summed E-state index contributed by atoms with van der Waals surface area (Å²) in [5, 5.41) is 17.7. The van der Waals surface area contributed by atoms with E-state index in [1.165, 1.54) is 5.17 Å². The van der Waals surface area contributed by atoms with Gasteiger partial charge in [0, 0.05) is 42.1 Å². The lowest BCUT2D eigenvalue weighted by Crippen LogP contribution is -2.47. The van der Waals surface area contributed by atoms with Crippen molar-refractivity contribution in [3.8, 4) is 0 Å². The van der Waals surface area contributed by atoms with Crippen LogP contribution in [0, 0.1) is 0 Å². The molecule has 2 N–H and O–H groups in total. The van der Waals surface area contributed by atoms with E-state index in [1.54, 1.807) is 12.4 Å². The fraction of sp³-hybridized carbons (Fsp3) is 0.481. The summed E-state index contributed by atoms with van der Waals surface area (Å²) in [6.45, 7) is 8.68. The number of anilines is 1. The molecule has 1 aromatic heterocycles. The Hall–Kier alpha value is -2.81. The number of pyridine rings is 1. The van der Waals surface area contributed by atoms with Crippen molar-refractivity contribution in [1.29, 1.82) is 0 Å². The molecule has 2 aliphatic rings. The van der Waals surface area contributed by atoms with Crippen LogP contribution in [0.2, 0.25) is 5.02 Å². The van der Waals surface area contributed by atoms with Crippen molar-refractivity contribution in [2.24, 2.45) is 0 Å². The van der Waals surface area contributed by atoms with Gasteiger partial charge in [0.15, 0.2) is 0 Å². The lowest BCUT2D eigenvalue weighted by molar-refractivity contribution is 0.0523. The van der Waals surface area contributed by atoms with Crippen molar-refractivity contribution in [2.45, 2.75) is 58.1 Å². The maximum atomic E-state index is 11.9. The zero-order valence-corrected chi connectivity index (χ0v) is 22.0. The van der Waals surface area contributed by atoms with Crippen LogP contribution in [-0.2, 0) is 11.2 Å². The fourth-order valence-electron chi connectivity index (χ4n) is 4.75. The number of hydrazine groups is 1. The Morgan fingerprint density at radius 1 is 1.25 bits per heavy atom. The van der Waals surface area contributed by atoms with Gasteiger partial charge in [-0.25, -0.2) is 4.79 Å². The third kappa shape index (κ3) is 6.90. The first-order valence-corrected chi connectivity index (χ1v) is 12.9. The summed E-state index contributed by atoms with van der Waals surface area (Å²) in [6.07, 6.45) is 8.85. The molecule has 36 heavy (non-hydrogen) atoms. The highest BCUT2D eigenvalue weighted by molar-refractivity contribution is 6.30. The molecule has 0 bridgehead atoms. The Labute approximate surface area is 218 Å². The van der Waals surface area contributed by atoms with Gasteiger partial charge in [0.1, 0.15) is 11.3 Å². The number of nitrogens with zero attached hydrogens (tertiary/aromatic N) is 4. The number of ether oxygens (including phenoxy) is 1. The number of alkyl carbamates (subject to hydrolysis) is 1. The van der Waals surface area contributed by atoms with Gasteiger partial charge in [-0.1, -0.05) is 23.7 Å². The molecule has 2 aliphatic heterocycles. The monoisotopic (exact) mass is 513 g/mol. The van der Waals surface area contributed by atoms with E-state index in [2.05, 4.69) is 15.2 Å². The minimum atomic E-state index is -0.497. The molecule has 0 radical (unpaired) electrons. The number of aromatic nitrogens is 1. The number of hydrogen-bond acceptors (Lipinski definition) is 7. The minimum Gasteiger partial charge on any atom is -0.444 e. The number of halogens is 1. The summed E-state index contributed by atoms with van der Waals surface area (Å²) in [4.78, 5) is 18.6. The predicted octanol–water partition coefficient (Wildman–Crippen LogP) is 5.12. The molecule has 4 rings (SSSR count). The molecule has 194 valence electrons. The number of carbonyl (C=O) groups excluding carboxylic acids is 1. The van der Waals surface area contributed by atoms with E-state index in [4.69, 9.17) is 16.3 Å². The number of carbonyl (C=O) groups is 1. The van der Waals surface area contributed by atoms with Gasteiger partial charge < -0.3 is 10.1 Å². The van der Waals surface area contributed by atoms with Gasteiger partial charge in [-0.3, -0.25) is 20.1 Å². The van der Waals surface area contributed by atoms with E-state index in [0.717, 1.165) is 55.5 Å². The zero-order valence-electron chi connectivity index (χ0n) is 21.3. The van der Waals surface area contributed by atoms with Crippen LogP contribution in [-0.4, -0.2) is 64.0 Å². The quantitative estimate of drug-likeness (QED) is 0.474. The number of benzene rings is 1. The lowest BCUT2D eigenvalue weighted by Gasteiger charge is -2.39. The van der Waals surface area contributed by atoms with E-state index in [-0.39, 0.29) is 6.09 Å². The summed E-state index contributed by atoms with van der Waals surface area (Å²) < 4.78 is 5.31. The number of rotatable bonds is 8. The number of fused-ring (bicyclic) bond motifs is 1. The first-order chi connectivity index (χ1) is 17.2. The van der Waals surface area contributed by atoms with Gasteiger partial charge in [-0.05, 0) is 82.3 Å². The Bertz CT molecular complexity index is 1070. The molecule has 3 heterocycles. The van der Waals surface area contributed by atoms with E-state index < -0.39 is 5.60 Å². The molecule has 0 unspecified atom stereocenters. The molecule has 1 aromatic carbocycles. The van der Waals surface area contributed by atoms with Crippen molar-refractivity contribution in [2.75, 3.05) is 31.4 Å². The summed E-state index contributed by atoms with van der Waals surface area (Å²) in [5.74, 6) is 0. The molecule has 0 spiro atoms. The summed E-state index contributed by atoms with van der Waals surface area (Å²) >= 11 is 6.07. The SMILES string of the molecule is CC(C)(C)OC(=O)NCCCN1CCC[C@@H]1CN1C=C(Cc2ccc(Cl)cc2)c2ccncc2N1O. The molecule has 1 atom stereocenters. The van der Waals surface area contributed by atoms with Crippen LogP contribution in [0.5, 0.6) is 0 Å². The van der Waals surface area contributed by atoms with E-state index >= 15 is 0 Å². The van der Waals surface area contributed by atoms with Crippen LogP contribution >= 0.6 is 11.6 Å². The largest absolute Gasteiger partial charge is 0.444 e. The lowest BCUT2D eigenvalue weighted by atomic mass is 9.97. The standard InChI is InChI=1S/C27H36ClN5O3/c1-27(2,3)36-26(34)30-12-5-15-31-14-4-6-23(31)19-32-18-21(16-20-7-9-22(28)10-8-20)24-11-13-29-17-25(24)33(32)35/h7-11,13,17-18,23,35H,4-6,12,14-16,19H2,1-3H3,(H,30,34)/t23-/m1/s1. The third-order valence-corrected chi connectivity index (χ3v) is 6.66. The Balaban J connectivity index is 1.39. The van der Waals surface area contributed by atoms with Crippen molar-refractivity contribution >= 4 is 29.0 Å². The average Bonchev–Trinajstić information content (AvgIpc) is 3.27. The average molecular weight is 514 g/mol. The van der Waals surface area contributed by atoms with Crippen molar-refractivity contribution in [3.63, 3.8) is 0 Å². The van der Waals surface area contributed by atoms with Gasteiger partial charge in [-0.2, -0.15) is 5.17 Å². The van der Waals surface area contributed by atoms with Crippen LogP contribution in [0.15, 0.2) is 48.9 Å². The van der Waals surface area contributed by atoms with Crippen molar-refractivity contribution < 1.29 is 14.7 Å². The second kappa shape index (κ2) is 11.5. The minimum absolute atomic E-state index is 0.299. The first-order valence-electron chi connectivity index (χ1n) is 12.6. The topological polar surface area (TPSA) is 81.2 Å². The maximum absolute atomic E-state index is 11.9. The van der Waals surface area contributed by atoms with E-state index in [0.29, 0.717) is 29.8 Å². The van der Waals surface area contributed by atoms with Crippen LogP contribution in [0.25, 0.3) is 5.57 Å². The van der Waals surface area contributed by atoms with E-state index in [9.17, 15) is 10.0 Å². The van der Waals surface area contributed by atoms with Gasteiger partial charge in [0.25, 0.3) is 0 Å². The van der Waals surface area contributed by atoms with Gasteiger partial charge in [0.2, 0.25) is 0 Å². The van der Waals surface area contributed by atoms with Gasteiger partial charge in [0.05, 0.1) is 12.7 Å². The predicted molar refractivity (Wildman–Crippen MR) is 142 cm³/mol. The molecule has 0 aliphatic carbocycles. The molecular formula is C27H36ClN5O3. The molecule has 9 heteroatoms. The fourth-order valence-corrected chi connectivity index (χ4v) is 4.88. The maximum Gasteiger partial charge on any atom is 0.407 e. The molecule has 2 aromatic rings. The normalized spacial score (nSPS) is 18.1. The molecule has 1 amide bonds. The number of likely N-dealkylation sites (tertiary alicyclic amines) is 1. The number of amides is 1. The summed E-state index contributed by atoms with van der Waals surface area (Å²) in [6, 6.07) is 10.1. The van der Waals surface area contributed by atoms with Crippen LogP contribution in [0.4, 0.5) is 10.5 Å². The second-order valence-corrected chi connectivity index (χ2v) is 10.8. The highest BCUT2D eigenvalue weighted by Crippen LogP contribution is 2.34. The summed E-state index contributed by atoms with van der Waals surface area (Å²) in [5.41, 5.74) is 3.42. The number of nitrogens with one attached hydrogen (secondary N) is 1. The molecule has 1 saturated heterocycles. The van der Waals surface area contributed by atoms with Crippen LogP contribution in [0.1, 0.15) is 51.2 Å². The highest BCUT2D eigenvalue weighted by atomic mass is 35.5. The summed E-state index contributed by atoms with van der Waals surface area (Å²) in [7, 11) is 0. The van der Waals surface area contributed by atoms with Crippen molar-refractivity contribution in [3.05, 3.63) is 65.1 Å². The molecule has 1 fully saturated rings. The van der Waals surface area contributed by atoms with E-state index in [1.807, 2.05) is 62.3 Å². The van der Waals surface area contributed by atoms with Gasteiger partial charge in [-0.15, -0.1) is 0 Å². The Morgan fingerprint density at radius 2 is 2.03 bits per heavy atom. The smallest absolute Gasteiger partial charge is 0.407 e. The number of hydrogen-bond donors (Lipinski definition) is 2. The van der Waals surface area contributed by atoms with Gasteiger partial charge >= 0.3 is 6.09 Å². The first kappa shape index (κ1) is 26.3.